The van der Waals surface area contributed by atoms with E-state index in [1.165, 1.54) is 17.0 Å². The molecule has 114 valence electrons. The first-order chi connectivity index (χ1) is 10.2. The second kappa shape index (κ2) is 7.66. The molecule has 1 atom stereocenters. The third-order valence-electron chi connectivity index (χ3n) is 3.39. The lowest BCUT2D eigenvalue weighted by Crippen LogP contribution is -2.21. The fraction of sp³-hybridized carbons (Fsp3) is 0.412. The predicted octanol–water partition coefficient (Wildman–Crippen LogP) is 5.53. The lowest BCUT2D eigenvalue weighted by atomic mass is 10.1. The molecule has 0 fully saturated rings. The maximum atomic E-state index is 13.3. The normalized spacial score (nSPS) is 12.6. The van der Waals surface area contributed by atoms with Crippen LogP contribution < -0.4 is 5.32 Å². The summed E-state index contributed by atoms with van der Waals surface area (Å²) in [7, 11) is 0. The molecule has 0 aliphatic carbocycles. The van der Waals surface area contributed by atoms with Gasteiger partial charge in [0.15, 0.2) is 11.6 Å². The van der Waals surface area contributed by atoms with Crippen LogP contribution >= 0.6 is 11.3 Å². The summed E-state index contributed by atoms with van der Waals surface area (Å²) < 4.78 is 26.3. The molecule has 1 aromatic heterocycles. The van der Waals surface area contributed by atoms with Crippen molar-refractivity contribution in [2.24, 2.45) is 0 Å². The Kier molecular flexibility index (Phi) is 5.88. The zero-order chi connectivity index (χ0) is 15.2. The smallest absolute Gasteiger partial charge is 0.159 e. The number of hydrogen-bond donors (Lipinski definition) is 1. The van der Waals surface area contributed by atoms with E-state index in [0.717, 1.165) is 36.2 Å². The molecule has 1 aromatic carbocycles. The molecule has 21 heavy (non-hydrogen) atoms. The molecule has 1 unspecified atom stereocenters. The van der Waals surface area contributed by atoms with E-state index in [-0.39, 0.29) is 0 Å². The van der Waals surface area contributed by atoms with Crippen LogP contribution in [0.15, 0.2) is 30.3 Å². The minimum Gasteiger partial charge on any atom is -0.309 e. The van der Waals surface area contributed by atoms with Gasteiger partial charge in [-0.15, -0.1) is 11.3 Å². The van der Waals surface area contributed by atoms with Crippen LogP contribution in [-0.2, 0) is 0 Å². The second-order valence-electron chi connectivity index (χ2n) is 5.13. The summed E-state index contributed by atoms with van der Waals surface area (Å²) in [6, 6.07) is 8.50. The largest absolute Gasteiger partial charge is 0.309 e. The van der Waals surface area contributed by atoms with Gasteiger partial charge in [-0.05, 0) is 49.2 Å². The van der Waals surface area contributed by atoms with Gasteiger partial charge in [0.1, 0.15) is 0 Å². The van der Waals surface area contributed by atoms with Crippen molar-refractivity contribution in [2.45, 2.75) is 39.2 Å². The Hall–Kier alpha value is -1.26. The maximum Gasteiger partial charge on any atom is 0.159 e. The Bertz CT molecular complexity index is 580. The molecule has 0 radical (unpaired) electrons. The van der Waals surface area contributed by atoms with Crippen LogP contribution in [0, 0.1) is 11.6 Å². The quantitative estimate of drug-likeness (QED) is 0.708. The number of thiophene rings is 1. The lowest BCUT2D eigenvalue weighted by Gasteiger charge is -2.16. The van der Waals surface area contributed by atoms with Crippen molar-refractivity contribution < 1.29 is 8.78 Å². The van der Waals surface area contributed by atoms with Gasteiger partial charge in [0, 0.05) is 15.8 Å². The lowest BCUT2D eigenvalue weighted by molar-refractivity contribution is 0.501. The summed E-state index contributed by atoms with van der Waals surface area (Å²) in [4.78, 5) is 2.23. The van der Waals surface area contributed by atoms with Gasteiger partial charge in [-0.2, -0.15) is 0 Å². The molecule has 2 aromatic rings. The van der Waals surface area contributed by atoms with E-state index in [4.69, 9.17) is 0 Å². The van der Waals surface area contributed by atoms with Gasteiger partial charge in [0.2, 0.25) is 0 Å². The first-order valence-electron chi connectivity index (χ1n) is 7.44. The van der Waals surface area contributed by atoms with Gasteiger partial charge in [-0.3, -0.25) is 0 Å². The van der Waals surface area contributed by atoms with Crippen LogP contribution in [0.3, 0.4) is 0 Å². The Balaban J connectivity index is 2.20. The van der Waals surface area contributed by atoms with Crippen molar-refractivity contribution in [3.8, 4) is 10.4 Å². The van der Waals surface area contributed by atoms with Crippen molar-refractivity contribution in [3.05, 3.63) is 46.8 Å². The first-order valence-corrected chi connectivity index (χ1v) is 8.25. The van der Waals surface area contributed by atoms with Crippen LogP contribution in [0.5, 0.6) is 0 Å². The van der Waals surface area contributed by atoms with Gasteiger partial charge in [0.25, 0.3) is 0 Å². The second-order valence-corrected chi connectivity index (χ2v) is 6.24. The SMILES string of the molecule is CCCNC(CCC)c1ccc(-c2ccc(F)c(F)c2)s1. The molecular formula is C17H21F2NS. The highest BCUT2D eigenvalue weighted by atomic mass is 32.1. The Morgan fingerprint density at radius 1 is 1.05 bits per heavy atom. The maximum absolute atomic E-state index is 13.3. The van der Waals surface area contributed by atoms with E-state index >= 15 is 0 Å². The summed E-state index contributed by atoms with van der Waals surface area (Å²) in [6.45, 7) is 5.31. The predicted molar refractivity (Wildman–Crippen MR) is 85.6 cm³/mol. The molecule has 1 N–H and O–H groups in total. The van der Waals surface area contributed by atoms with E-state index in [0.29, 0.717) is 6.04 Å². The van der Waals surface area contributed by atoms with Gasteiger partial charge in [0.05, 0.1) is 0 Å². The van der Waals surface area contributed by atoms with E-state index < -0.39 is 11.6 Å². The zero-order valence-corrected chi connectivity index (χ0v) is 13.3. The summed E-state index contributed by atoms with van der Waals surface area (Å²) >= 11 is 1.65. The molecule has 0 bridgehead atoms. The number of nitrogens with one attached hydrogen (secondary N) is 1. The topological polar surface area (TPSA) is 12.0 Å². The van der Waals surface area contributed by atoms with Crippen LogP contribution in [0.25, 0.3) is 10.4 Å². The van der Waals surface area contributed by atoms with Crippen molar-refractivity contribution in [1.82, 2.24) is 5.32 Å². The molecule has 1 heterocycles. The third kappa shape index (κ3) is 4.11. The molecule has 2 rings (SSSR count). The fourth-order valence-electron chi connectivity index (χ4n) is 2.30. The summed E-state index contributed by atoms with van der Waals surface area (Å²) in [6.07, 6.45) is 3.29. The number of hydrogen-bond acceptors (Lipinski definition) is 2. The minimum absolute atomic E-state index is 0.346. The number of benzene rings is 1. The standard InChI is InChI=1S/C17H21F2NS/c1-3-5-15(20-10-4-2)17-9-8-16(21-17)12-6-7-13(18)14(19)11-12/h6-9,11,15,20H,3-5,10H2,1-2H3. The van der Waals surface area contributed by atoms with Crippen LogP contribution in [0.2, 0.25) is 0 Å². The van der Waals surface area contributed by atoms with E-state index in [1.54, 1.807) is 17.4 Å². The molecule has 0 aliphatic heterocycles. The highest BCUT2D eigenvalue weighted by Gasteiger charge is 2.13. The zero-order valence-electron chi connectivity index (χ0n) is 12.5. The van der Waals surface area contributed by atoms with Crippen molar-refractivity contribution >= 4 is 11.3 Å². The summed E-state index contributed by atoms with van der Waals surface area (Å²) in [5.74, 6) is -1.60. The molecule has 0 spiro atoms. The molecule has 4 heteroatoms. The average Bonchev–Trinajstić information content (AvgIpc) is 2.96. The molecular weight excluding hydrogens is 288 g/mol. The van der Waals surface area contributed by atoms with Gasteiger partial charge in [-0.1, -0.05) is 26.3 Å². The third-order valence-corrected chi connectivity index (χ3v) is 4.64. The van der Waals surface area contributed by atoms with Crippen molar-refractivity contribution in [3.63, 3.8) is 0 Å². The highest BCUT2D eigenvalue weighted by molar-refractivity contribution is 7.15. The van der Waals surface area contributed by atoms with Gasteiger partial charge in [-0.25, -0.2) is 8.78 Å². The van der Waals surface area contributed by atoms with Gasteiger partial charge < -0.3 is 5.32 Å². The molecule has 1 nitrogen and oxygen atoms in total. The van der Waals surface area contributed by atoms with Crippen LogP contribution in [0.4, 0.5) is 8.78 Å². The minimum atomic E-state index is -0.802. The molecule has 0 saturated heterocycles. The Labute approximate surface area is 129 Å². The fourth-order valence-corrected chi connectivity index (χ4v) is 3.41. The van der Waals surface area contributed by atoms with E-state index in [1.807, 2.05) is 6.07 Å². The van der Waals surface area contributed by atoms with Crippen LogP contribution in [-0.4, -0.2) is 6.54 Å². The van der Waals surface area contributed by atoms with E-state index in [9.17, 15) is 8.78 Å². The molecule has 0 amide bonds. The highest BCUT2D eigenvalue weighted by Crippen LogP contribution is 2.33. The average molecular weight is 309 g/mol. The van der Waals surface area contributed by atoms with E-state index in [2.05, 4.69) is 25.2 Å². The number of halogens is 2. The van der Waals surface area contributed by atoms with Gasteiger partial charge >= 0.3 is 0 Å². The molecule has 0 saturated carbocycles. The Morgan fingerprint density at radius 3 is 2.52 bits per heavy atom. The first kappa shape index (κ1) is 16.1. The summed E-state index contributed by atoms with van der Waals surface area (Å²) in [5.41, 5.74) is 0.732. The van der Waals surface area contributed by atoms with Crippen molar-refractivity contribution in [1.29, 1.82) is 0 Å². The van der Waals surface area contributed by atoms with Crippen molar-refractivity contribution in [2.75, 3.05) is 6.54 Å². The monoisotopic (exact) mass is 309 g/mol. The van der Waals surface area contributed by atoms with Crippen LogP contribution in [0.1, 0.15) is 44.0 Å². The number of rotatable bonds is 7. The summed E-state index contributed by atoms with van der Waals surface area (Å²) in [5, 5.41) is 3.55. The molecule has 0 aliphatic rings. The Morgan fingerprint density at radius 2 is 1.86 bits per heavy atom.